The summed E-state index contributed by atoms with van der Waals surface area (Å²) in [4.78, 5) is 25.9. The maximum absolute atomic E-state index is 13.2. The van der Waals surface area contributed by atoms with E-state index in [1.165, 1.54) is 0 Å². The van der Waals surface area contributed by atoms with Crippen LogP contribution >= 0.6 is 11.6 Å². The topological polar surface area (TPSA) is 58.6 Å². The predicted octanol–water partition coefficient (Wildman–Crippen LogP) is 4.59. The zero-order valence-corrected chi connectivity index (χ0v) is 16.1. The lowest BCUT2D eigenvalue weighted by molar-refractivity contribution is -0.131. The molecule has 2 aromatic carbocycles. The van der Waals surface area contributed by atoms with Crippen LogP contribution in [0.1, 0.15) is 24.0 Å². The van der Waals surface area contributed by atoms with Crippen molar-refractivity contribution in [3.63, 3.8) is 0 Å². The first-order chi connectivity index (χ1) is 13.5. The fraction of sp³-hybridized carbons (Fsp3) is 0.333. The molecule has 1 fully saturated rings. The van der Waals surface area contributed by atoms with Crippen LogP contribution in [0.25, 0.3) is 0 Å². The molecule has 0 spiro atoms. The molecule has 1 aliphatic heterocycles. The van der Waals surface area contributed by atoms with Crippen molar-refractivity contribution in [2.24, 2.45) is 0 Å². The van der Waals surface area contributed by atoms with Gasteiger partial charge in [-0.15, -0.1) is 0 Å². The minimum absolute atomic E-state index is 0.00464. The van der Waals surface area contributed by atoms with Gasteiger partial charge in [0.1, 0.15) is 12.8 Å². The zero-order chi connectivity index (χ0) is 19.9. The van der Waals surface area contributed by atoms with Crippen LogP contribution in [0.2, 0.25) is 5.02 Å². The molecule has 1 aliphatic rings. The van der Waals surface area contributed by atoms with E-state index in [0.717, 1.165) is 11.1 Å². The highest BCUT2D eigenvalue weighted by atomic mass is 35.5. The molecule has 1 N–H and O–H groups in total. The second kappa shape index (κ2) is 9.55. The normalized spacial score (nSPS) is 14.6. The van der Waals surface area contributed by atoms with Crippen LogP contribution in [-0.2, 0) is 22.6 Å². The van der Waals surface area contributed by atoms with Crippen LogP contribution in [0.5, 0.6) is 0 Å². The minimum Gasteiger partial charge on any atom is -0.444 e. The van der Waals surface area contributed by atoms with E-state index >= 15 is 0 Å². The molecule has 148 valence electrons. The number of carbonyl (C=O) groups is 2. The second-order valence-electron chi connectivity index (χ2n) is 6.76. The molecule has 0 aliphatic carbocycles. The van der Waals surface area contributed by atoms with Gasteiger partial charge in [-0.25, -0.2) is 9.18 Å². The Morgan fingerprint density at radius 1 is 1.04 bits per heavy atom. The molecule has 1 saturated heterocycles. The van der Waals surface area contributed by atoms with E-state index < -0.39 is 12.3 Å². The summed E-state index contributed by atoms with van der Waals surface area (Å²) in [7, 11) is 0. The van der Waals surface area contributed by atoms with Crippen LogP contribution in [-0.4, -0.2) is 36.2 Å². The number of piperidine rings is 1. The van der Waals surface area contributed by atoms with Crippen molar-refractivity contribution >= 4 is 29.3 Å². The minimum atomic E-state index is -0.797. The van der Waals surface area contributed by atoms with Crippen molar-refractivity contribution in [2.75, 3.05) is 18.4 Å². The third-order valence-corrected chi connectivity index (χ3v) is 4.87. The first-order valence-electron chi connectivity index (χ1n) is 9.18. The predicted molar refractivity (Wildman–Crippen MR) is 106 cm³/mol. The second-order valence-corrected chi connectivity index (χ2v) is 7.19. The quantitative estimate of drug-likeness (QED) is 0.792. The highest BCUT2D eigenvalue weighted by molar-refractivity contribution is 6.30. The zero-order valence-electron chi connectivity index (χ0n) is 15.4. The van der Waals surface area contributed by atoms with Crippen molar-refractivity contribution in [1.29, 1.82) is 0 Å². The Hall–Kier alpha value is -2.60. The fourth-order valence-electron chi connectivity index (χ4n) is 2.97. The molecule has 3 rings (SSSR count). The Morgan fingerprint density at radius 3 is 2.29 bits per heavy atom. The summed E-state index contributed by atoms with van der Waals surface area (Å²) in [5, 5.41) is 3.27. The lowest BCUT2D eigenvalue weighted by Gasteiger charge is -2.28. The number of likely N-dealkylation sites (tertiary alicyclic amines) is 1. The van der Waals surface area contributed by atoms with E-state index in [9.17, 15) is 14.0 Å². The van der Waals surface area contributed by atoms with Crippen LogP contribution < -0.4 is 5.32 Å². The number of benzene rings is 2. The third-order valence-electron chi connectivity index (χ3n) is 4.62. The van der Waals surface area contributed by atoms with Gasteiger partial charge < -0.3 is 9.64 Å². The summed E-state index contributed by atoms with van der Waals surface area (Å²) in [5.74, 6) is -0.00464. The van der Waals surface area contributed by atoms with Crippen molar-refractivity contribution in [1.82, 2.24) is 4.90 Å². The van der Waals surface area contributed by atoms with E-state index in [1.54, 1.807) is 53.4 Å². The number of rotatable bonds is 5. The van der Waals surface area contributed by atoms with E-state index in [2.05, 4.69) is 5.32 Å². The number of anilines is 1. The molecule has 0 atom stereocenters. The summed E-state index contributed by atoms with van der Waals surface area (Å²) in [6, 6.07) is 14.1. The van der Waals surface area contributed by atoms with Gasteiger partial charge in [-0.05, 0) is 48.2 Å². The van der Waals surface area contributed by atoms with Crippen molar-refractivity contribution in [3.8, 4) is 0 Å². The number of halogens is 2. The van der Waals surface area contributed by atoms with Gasteiger partial charge in [0.05, 0.1) is 6.42 Å². The molecule has 5 nitrogen and oxygen atoms in total. The van der Waals surface area contributed by atoms with Crippen molar-refractivity contribution in [2.45, 2.75) is 32.0 Å². The third kappa shape index (κ3) is 5.96. The SMILES string of the molecule is O=C(Nc1ccc(CC(=O)N2CCC(F)CC2)cc1)OCc1ccc(Cl)cc1. The summed E-state index contributed by atoms with van der Waals surface area (Å²) in [6.45, 7) is 1.09. The first-order valence-corrected chi connectivity index (χ1v) is 9.56. The Balaban J connectivity index is 1.45. The molecule has 7 heteroatoms. The maximum atomic E-state index is 13.2. The summed E-state index contributed by atoms with van der Waals surface area (Å²) in [6.07, 6.45) is -0.278. The van der Waals surface area contributed by atoms with E-state index in [4.69, 9.17) is 16.3 Å². The van der Waals surface area contributed by atoms with Gasteiger partial charge in [0.25, 0.3) is 0 Å². The highest BCUT2D eigenvalue weighted by Crippen LogP contribution is 2.16. The molecule has 0 radical (unpaired) electrons. The van der Waals surface area contributed by atoms with Crippen LogP contribution in [0.15, 0.2) is 48.5 Å². The number of amides is 2. The first kappa shape index (κ1) is 20.1. The van der Waals surface area contributed by atoms with Crippen molar-refractivity contribution < 1.29 is 18.7 Å². The molecule has 28 heavy (non-hydrogen) atoms. The van der Waals surface area contributed by atoms with Crippen LogP contribution in [0.3, 0.4) is 0 Å². The Bertz CT molecular complexity index is 803. The maximum Gasteiger partial charge on any atom is 0.411 e. The van der Waals surface area contributed by atoms with Gasteiger partial charge in [0, 0.05) is 23.8 Å². The van der Waals surface area contributed by atoms with E-state index in [0.29, 0.717) is 36.6 Å². The van der Waals surface area contributed by atoms with Crippen LogP contribution in [0.4, 0.5) is 14.9 Å². The number of nitrogens with zero attached hydrogens (tertiary/aromatic N) is 1. The Labute approximate surface area is 168 Å². The highest BCUT2D eigenvalue weighted by Gasteiger charge is 2.22. The Morgan fingerprint density at radius 2 is 1.64 bits per heavy atom. The molecule has 0 saturated carbocycles. The number of carbonyl (C=O) groups excluding carboxylic acids is 2. The van der Waals surface area contributed by atoms with Gasteiger partial charge in [0.15, 0.2) is 0 Å². The molecule has 2 amide bonds. The summed E-state index contributed by atoms with van der Waals surface area (Å²) >= 11 is 5.82. The van der Waals surface area contributed by atoms with Gasteiger partial charge in [-0.2, -0.15) is 0 Å². The average Bonchev–Trinajstić information content (AvgIpc) is 2.69. The lowest BCUT2D eigenvalue weighted by atomic mass is 10.1. The number of alkyl halides is 1. The average molecular weight is 405 g/mol. The van der Waals surface area contributed by atoms with E-state index in [-0.39, 0.29) is 18.9 Å². The van der Waals surface area contributed by atoms with E-state index in [1.807, 2.05) is 0 Å². The summed E-state index contributed by atoms with van der Waals surface area (Å²) in [5.41, 5.74) is 2.26. The van der Waals surface area contributed by atoms with Gasteiger partial charge in [-0.1, -0.05) is 35.9 Å². The number of nitrogens with one attached hydrogen (secondary N) is 1. The fourth-order valence-corrected chi connectivity index (χ4v) is 3.10. The standard InChI is InChI=1S/C21H22ClFN2O3/c22-17-5-1-16(2-6-17)14-28-21(27)24-19-7-3-15(4-8-19)13-20(26)25-11-9-18(23)10-12-25/h1-8,18H,9-14H2,(H,24,27). The molecular formula is C21H22ClFN2O3. The number of hydrogen-bond acceptors (Lipinski definition) is 3. The molecule has 1 heterocycles. The molecule has 0 aromatic heterocycles. The molecule has 0 bridgehead atoms. The molecular weight excluding hydrogens is 383 g/mol. The number of ether oxygens (including phenoxy) is 1. The Kier molecular flexibility index (Phi) is 6.87. The summed E-state index contributed by atoms with van der Waals surface area (Å²) < 4.78 is 18.3. The van der Waals surface area contributed by atoms with Gasteiger partial charge in [-0.3, -0.25) is 10.1 Å². The largest absolute Gasteiger partial charge is 0.444 e. The molecule has 2 aromatic rings. The lowest BCUT2D eigenvalue weighted by Crippen LogP contribution is -2.39. The van der Waals surface area contributed by atoms with Crippen molar-refractivity contribution in [3.05, 3.63) is 64.7 Å². The smallest absolute Gasteiger partial charge is 0.411 e. The van der Waals surface area contributed by atoms with Gasteiger partial charge in [0.2, 0.25) is 5.91 Å². The van der Waals surface area contributed by atoms with Gasteiger partial charge >= 0.3 is 6.09 Å². The molecule has 0 unspecified atom stereocenters. The number of hydrogen-bond donors (Lipinski definition) is 1. The van der Waals surface area contributed by atoms with Crippen LogP contribution in [0, 0.1) is 0 Å². The monoisotopic (exact) mass is 404 g/mol.